The highest BCUT2D eigenvalue weighted by atomic mass is 35.5. The molecule has 0 radical (unpaired) electrons. The summed E-state index contributed by atoms with van der Waals surface area (Å²) in [4.78, 5) is 12.4. The van der Waals surface area contributed by atoms with E-state index in [0.717, 1.165) is 12.0 Å². The quantitative estimate of drug-likeness (QED) is 0.723. The van der Waals surface area contributed by atoms with Crippen LogP contribution < -0.4 is 0 Å². The number of carbonyl (C=O) groups is 1. The van der Waals surface area contributed by atoms with E-state index in [-0.39, 0.29) is 6.10 Å². The third kappa shape index (κ3) is 8.08. The molecular formula is C17H30ClNO2. The number of rotatable bonds is 2. The fraction of sp³-hybridized carbons (Fsp3) is 0.588. The number of hydrogen-bond acceptors (Lipinski definition) is 2. The third-order valence-corrected chi connectivity index (χ3v) is 2.84. The predicted molar refractivity (Wildman–Crippen MR) is 91.8 cm³/mol. The first-order chi connectivity index (χ1) is 10.3. The van der Waals surface area contributed by atoms with Gasteiger partial charge in [-0.15, -0.1) is 0 Å². The molecule has 0 aliphatic carbocycles. The molecule has 2 rings (SSSR count). The van der Waals surface area contributed by atoms with Crippen molar-refractivity contribution < 1.29 is 9.53 Å². The number of morpholine rings is 1. The lowest BCUT2D eigenvalue weighted by Gasteiger charge is -2.30. The van der Waals surface area contributed by atoms with Crippen LogP contribution in [0.4, 0.5) is 0 Å². The van der Waals surface area contributed by atoms with Gasteiger partial charge < -0.3 is 9.64 Å². The second kappa shape index (κ2) is 15.3. The van der Waals surface area contributed by atoms with Crippen molar-refractivity contribution in [2.45, 2.75) is 47.6 Å². The van der Waals surface area contributed by atoms with Crippen molar-refractivity contribution in [2.24, 2.45) is 0 Å². The van der Waals surface area contributed by atoms with Crippen LogP contribution >= 0.6 is 11.6 Å². The Kier molecular flexibility index (Phi) is 16.2. The van der Waals surface area contributed by atoms with Gasteiger partial charge in [0, 0.05) is 17.1 Å². The van der Waals surface area contributed by atoms with E-state index in [1.165, 1.54) is 0 Å². The van der Waals surface area contributed by atoms with Crippen molar-refractivity contribution >= 4 is 18.0 Å². The molecule has 0 N–H and O–H groups in total. The van der Waals surface area contributed by atoms with Crippen LogP contribution in [0.15, 0.2) is 24.3 Å². The van der Waals surface area contributed by atoms with E-state index in [4.69, 9.17) is 16.3 Å². The normalized spacial score (nSPS) is 16.1. The highest BCUT2D eigenvalue weighted by molar-refractivity contribution is 6.31. The molecule has 1 heterocycles. The lowest BCUT2D eigenvalue weighted by atomic mass is 10.1. The molecule has 1 saturated heterocycles. The molecule has 0 spiro atoms. The summed E-state index contributed by atoms with van der Waals surface area (Å²) < 4.78 is 5.59. The molecule has 4 heteroatoms. The zero-order chi connectivity index (χ0) is 16.7. The minimum absolute atomic E-state index is 0.0994. The van der Waals surface area contributed by atoms with Crippen molar-refractivity contribution in [3.63, 3.8) is 0 Å². The van der Waals surface area contributed by atoms with Gasteiger partial charge in [0.15, 0.2) is 0 Å². The molecule has 0 bridgehead atoms. The molecule has 0 aromatic heterocycles. The van der Waals surface area contributed by atoms with E-state index in [9.17, 15) is 4.79 Å². The van der Waals surface area contributed by atoms with Crippen LogP contribution in [0.2, 0.25) is 5.02 Å². The van der Waals surface area contributed by atoms with Crippen molar-refractivity contribution in [3.8, 4) is 0 Å². The summed E-state index contributed by atoms with van der Waals surface area (Å²) in [6.07, 6.45) is 0.754. The maximum atomic E-state index is 10.7. The highest BCUT2D eigenvalue weighted by Crippen LogP contribution is 2.27. The molecule has 1 fully saturated rings. The molecule has 21 heavy (non-hydrogen) atoms. The number of halogens is 1. The summed E-state index contributed by atoms with van der Waals surface area (Å²) in [5.41, 5.74) is 0.950. The molecule has 1 unspecified atom stereocenters. The monoisotopic (exact) mass is 315 g/mol. The maximum Gasteiger partial charge on any atom is 0.209 e. The van der Waals surface area contributed by atoms with E-state index in [2.05, 4.69) is 0 Å². The summed E-state index contributed by atoms with van der Waals surface area (Å²) >= 11 is 6.06. The van der Waals surface area contributed by atoms with Gasteiger partial charge >= 0.3 is 0 Å². The lowest BCUT2D eigenvalue weighted by molar-refractivity contribution is -0.125. The van der Waals surface area contributed by atoms with Gasteiger partial charge in [0.25, 0.3) is 0 Å². The Bertz CT molecular complexity index is 358. The lowest BCUT2D eigenvalue weighted by Crippen LogP contribution is -2.37. The first kappa shape index (κ1) is 22.2. The van der Waals surface area contributed by atoms with Gasteiger partial charge in [-0.05, 0) is 6.07 Å². The second-order valence-electron chi connectivity index (χ2n) is 3.48. The summed E-state index contributed by atoms with van der Waals surface area (Å²) in [6, 6.07) is 7.57. The van der Waals surface area contributed by atoms with Crippen molar-refractivity contribution in [3.05, 3.63) is 34.9 Å². The minimum Gasteiger partial charge on any atom is -0.370 e. The summed E-state index contributed by atoms with van der Waals surface area (Å²) in [5, 5.41) is 0.690. The zero-order valence-corrected chi connectivity index (χ0v) is 15.0. The fourth-order valence-electron chi connectivity index (χ4n) is 1.69. The van der Waals surface area contributed by atoms with E-state index >= 15 is 0 Å². The van der Waals surface area contributed by atoms with Gasteiger partial charge in [0.05, 0.1) is 13.2 Å². The molecule has 1 amide bonds. The van der Waals surface area contributed by atoms with Gasteiger partial charge in [-0.2, -0.15) is 0 Å². The molecular weight excluding hydrogens is 286 g/mol. The van der Waals surface area contributed by atoms with Crippen LogP contribution in [0.1, 0.15) is 53.2 Å². The molecule has 122 valence electrons. The molecule has 1 atom stereocenters. The van der Waals surface area contributed by atoms with Crippen LogP contribution in [0.3, 0.4) is 0 Å². The number of carbonyl (C=O) groups excluding carboxylic acids is 1. The van der Waals surface area contributed by atoms with E-state index < -0.39 is 0 Å². The zero-order valence-electron chi connectivity index (χ0n) is 14.2. The summed E-state index contributed by atoms with van der Waals surface area (Å²) in [7, 11) is 0. The Balaban J connectivity index is 0. The number of ether oxygens (including phenoxy) is 1. The van der Waals surface area contributed by atoms with Crippen LogP contribution in [0.25, 0.3) is 0 Å². The average molecular weight is 316 g/mol. The molecule has 3 nitrogen and oxygen atoms in total. The fourth-order valence-corrected chi connectivity index (χ4v) is 1.95. The van der Waals surface area contributed by atoms with E-state index in [1.807, 2.05) is 65.8 Å². The largest absolute Gasteiger partial charge is 0.370 e. The first-order valence-corrected chi connectivity index (χ1v) is 8.24. The summed E-state index contributed by atoms with van der Waals surface area (Å²) in [5.74, 6) is 0. The Morgan fingerprint density at radius 2 is 1.71 bits per heavy atom. The van der Waals surface area contributed by atoms with Crippen molar-refractivity contribution in [2.75, 3.05) is 19.7 Å². The van der Waals surface area contributed by atoms with Crippen molar-refractivity contribution in [1.29, 1.82) is 0 Å². The Morgan fingerprint density at radius 3 is 2.24 bits per heavy atom. The first-order valence-electron chi connectivity index (χ1n) is 7.86. The number of amides is 1. The van der Waals surface area contributed by atoms with E-state index in [1.54, 1.807) is 4.90 Å². The molecule has 1 aromatic carbocycles. The highest BCUT2D eigenvalue weighted by Gasteiger charge is 2.22. The molecule has 1 aliphatic rings. The SMILES string of the molecule is CC.CC.CC.O=CN1CCOC(c2ccccc2Cl)C1. The van der Waals surface area contributed by atoms with Crippen LogP contribution in [-0.2, 0) is 9.53 Å². The average Bonchev–Trinajstić information content (AvgIpc) is 2.61. The summed E-state index contributed by atoms with van der Waals surface area (Å²) in [6.45, 7) is 13.8. The van der Waals surface area contributed by atoms with Gasteiger partial charge in [0.2, 0.25) is 6.41 Å². The van der Waals surface area contributed by atoms with Crippen molar-refractivity contribution in [1.82, 2.24) is 4.90 Å². The van der Waals surface area contributed by atoms with Crippen LogP contribution in [0.5, 0.6) is 0 Å². The Hall–Kier alpha value is -1.06. The van der Waals surface area contributed by atoms with E-state index in [0.29, 0.717) is 24.7 Å². The molecule has 1 aliphatic heterocycles. The number of hydrogen-bond donors (Lipinski definition) is 0. The Labute approximate surface area is 135 Å². The smallest absolute Gasteiger partial charge is 0.209 e. The van der Waals surface area contributed by atoms with Crippen LogP contribution in [0, 0.1) is 0 Å². The van der Waals surface area contributed by atoms with Gasteiger partial charge in [-0.1, -0.05) is 71.3 Å². The maximum absolute atomic E-state index is 10.7. The predicted octanol–water partition coefficient (Wildman–Crippen LogP) is 4.95. The topological polar surface area (TPSA) is 29.5 Å². The number of benzene rings is 1. The number of nitrogens with zero attached hydrogens (tertiary/aromatic N) is 1. The molecule has 1 aromatic rings. The second-order valence-corrected chi connectivity index (χ2v) is 3.89. The Morgan fingerprint density at radius 1 is 1.14 bits per heavy atom. The standard InChI is InChI=1S/C11H12ClNO2.3C2H6/c12-10-4-2-1-3-9(10)11-7-13(8-14)5-6-15-11;3*1-2/h1-4,8,11H,5-7H2;3*1-2H3. The molecule has 0 saturated carbocycles. The minimum atomic E-state index is -0.0994. The van der Waals surface area contributed by atoms with Gasteiger partial charge in [0.1, 0.15) is 6.10 Å². The third-order valence-electron chi connectivity index (χ3n) is 2.50. The van der Waals surface area contributed by atoms with Gasteiger partial charge in [-0.25, -0.2) is 0 Å². The van der Waals surface area contributed by atoms with Gasteiger partial charge in [-0.3, -0.25) is 4.79 Å². The van der Waals surface area contributed by atoms with Crippen LogP contribution in [-0.4, -0.2) is 31.0 Å².